The second-order valence-corrected chi connectivity index (χ2v) is 5.10. The Hall–Kier alpha value is -0.120. The third-order valence-corrected chi connectivity index (χ3v) is 3.65. The van der Waals surface area contributed by atoms with E-state index in [4.69, 9.17) is 10.5 Å². The van der Waals surface area contributed by atoms with Crippen molar-refractivity contribution >= 4 is 0 Å². The molecule has 0 spiro atoms. The van der Waals surface area contributed by atoms with E-state index in [0.717, 1.165) is 31.6 Å². The van der Waals surface area contributed by atoms with Crippen LogP contribution in [0.3, 0.4) is 0 Å². The molecule has 0 aromatic carbocycles. The van der Waals surface area contributed by atoms with E-state index in [9.17, 15) is 0 Å². The van der Waals surface area contributed by atoms with E-state index in [1.807, 2.05) is 0 Å². The number of hydrogen-bond donors (Lipinski definition) is 1. The van der Waals surface area contributed by atoms with Crippen LogP contribution in [0.2, 0.25) is 0 Å². The molecule has 0 radical (unpaired) electrons. The normalized spacial score (nSPS) is 29.8. The molecule has 0 amide bonds. The summed E-state index contributed by atoms with van der Waals surface area (Å²) >= 11 is 0. The average molecular weight is 212 g/mol. The van der Waals surface area contributed by atoms with Crippen LogP contribution < -0.4 is 5.73 Å². The number of likely N-dealkylation sites (tertiary alicyclic amines) is 1. The number of rotatable bonds is 4. The van der Waals surface area contributed by atoms with E-state index in [1.165, 1.54) is 45.3 Å². The summed E-state index contributed by atoms with van der Waals surface area (Å²) < 4.78 is 5.24. The molecule has 2 N–H and O–H groups in total. The van der Waals surface area contributed by atoms with Crippen LogP contribution in [-0.2, 0) is 4.74 Å². The zero-order valence-electron chi connectivity index (χ0n) is 9.66. The van der Waals surface area contributed by atoms with Gasteiger partial charge in [0.25, 0.3) is 0 Å². The van der Waals surface area contributed by atoms with Gasteiger partial charge in [0.2, 0.25) is 0 Å². The van der Waals surface area contributed by atoms with Crippen molar-refractivity contribution in [2.24, 2.45) is 17.6 Å². The van der Waals surface area contributed by atoms with Crippen molar-refractivity contribution in [1.82, 2.24) is 4.90 Å². The second kappa shape index (κ2) is 5.83. The van der Waals surface area contributed by atoms with E-state index in [2.05, 4.69) is 4.90 Å². The molecule has 88 valence electrons. The third kappa shape index (κ3) is 3.44. The highest BCUT2D eigenvalue weighted by Gasteiger charge is 2.24. The van der Waals surface area contributed by atoms with Crippen molar-refractivity contribution in [2.45, 2.75) is 25.7 Å². The predicted octanol–water partition coefficient (Wildman–Crippen LogP) is 1.08. The molecular formula is C12H24N2O. The van der Waals surface area contributed by atoms with Gasteiger partial charge in [-0.3, -0.25) is 0 Å². The topological polar surface area (TPSA) is 38.5 Å². The molecule has 2 saturated heterocycles. The summed E-state index contributed by atoms with van der Waals surface area (Å²) in [7, 11) is 0. The zero-order valence-corrected chi connectivity index (χ0v) is 9.66. The van der Waals surface area contributed by atoms with E-state index in [1.54, 1.807) is 0 Å². The fraction of sp³-hybridized carbons (Fsp3) is 1.00. The summed E-state index contributed by atoms with van der Waals surface area (Å²) in [6.45, 7) is 6.63. The Balaban J connectivity index is 1.75. The van der Waals surface area contributed by atoms with Crippen LogP contribution in [-0.4, -0.2) is 44.3 Å². The van der Waals surface area contributed by atoms with Gasteiger partial charge in [-0.05, 0) is 38.3 Å². The van der Waals surface area contributed by atoms with Crippen molar-refractivity contribution < 1.29 is 4.74 Å². The van der Waals surface area contributed by atoms with Crippen LogP contribution in [0.15, 0.2) is 0 Å². The minimum absolute atomic E-state index is 0.807. The molecule has 15 heavy (non-hydrogen) atoms. The zero-order chi connectivity index (χ0) is 10.5. The van der Waals surface area contributed by atoms with Crippen molar-refractivity contribution in [3.05, 3.63) is 0 Å². The molecule has 3 heteroatoms. The minimum atomic E-state index is 0.807. The van der Waals surface area contributed by atoms with Crippen LogP contribution >= 0.6 is 0 Å². The molecule has 0 aromatic heterocycles. The number of nitrogens with zero attached hydrogens (tertiary/aromatic N) is 1. The molecule has 2 aliphatic rings. The molecule has 2 heterocycles. The lowest BCUT2D eigenvalue weighted by atomic mass is 9.99. The lowest BCUT2D eigenvalue weighted by Crippen LogP contribution is -2.41. The fourth-order valence-corrected chi connectivity index (χ4v) is 2.71. The standard InChI is InChI=1S/C12H24N2O/c13-5-4-11-3-1-2-6-14(7-11)8-12-9-15-10-12/h11-12H,1-10,13H2. The van der Waals surface area contributed by atoms with Crippen molar-refractivity contribution in [3.63, 3.8) is 0 Å². The Morgan fingerprint density at radius 2 is 2.07 bits per heavy atom. The second-order valence-electron chi connectivity index (χ2n) is 5.10. The monoisotopic (exact) mass is 212 g/mol. The van der Waals surface area contributed by atoms with Crippen LogP contribution in [0.5, 0.6) is 0 Å². The van der Waals surface area contributed by atoms with Gasteiger partial charge in [0.1, 0.15) is 0 Å². The first-order valence-corrected chi connectivity index (χ1v) is 6.38. The molecule has 2 rings (SSSR count). The summed E-state index contributed by atoms with van der Waals surface area (Å²) in [6, 6.07) is 0. The van der Waals surface area contributed by atoms with Gasteiger partial charge in [0, 0.05) is 19.0 Å². The summed E-state index contributed by atoms with van der Waals surface area (Å²) in [5.74, 6) is 1.65. The highest BCUT2D eigenvalue weighted by Crippen LogP contribution is 2.21. The van der Waals surface area contributed by atoms with Crippen LogP contribution in [0.1, 0.15) is 25.7 Å². The largest absolute Gasteiger partial charge is 0.381 e. The van der Waals surface area contributed by atoms with Gasteiger partial charge >= 0.3 is 0 Å². The maximum atomic E-state index is 5.66. The van der Waals surface area contributed by atoms with Crippen molar-refractivity contribution in [3.8, 4) is 0 Å². The molecule has 2 aliphatic heterocycles. The smallest absolute Gasteiger partial charge is 0.0528 e. The number of ether oxygens (including phenoxy) is 1. The molecule has 0 saturated carbocycles. The van der Waals surface area contributed by atoms with Crippen LogP contribution in [0.25, 0.3) is 0 Å². The first-order chi connectivity index (χ1) is 7.38. The molecule has 1 unspecified atom stereocenters. The molecule has 1 atom stereocenters. The average Bonchev–Trinajstić information content (AvgIpc) is 2.38. The highest BCUT2D eigenvalue weighted by molar-refractivity contribution is 4.76. The SMILES string of the molecule is NCCC1CCCCN(CC2COC2)C1. The van der Waals surface area contributed by atoms with Gasteiger partial charge in [-0.1, -0.05) is 6.42 Å². The Labute approximate surface area is 93.0 Å². The van der Waals surface area contributed by atoms with Gasteiger partial charge in [-0.15, -0.1) is 0 Å². The minimum Gasteiger partial charge on any atom is -0.381 e. The Morgan fingerprint density at radius 3 is 2.73 bits per heavy atom. The summed E-state index contributed by atoms with van der Waals surface area (Å²) in [4.78, 5) is 2.64. The number of hydrogen-bond acceptors (Lipinski definition) is 3. The first-order valence-electron chi connectivity index (χ1n) is 6.38. The Morgan fingerprint density at radius 1 is 1.20 bits per heavy atom. The van der Waals surface area contributed by atoms with E-state index < -0.39 is 0 Å². The predicted molar refractivity (Wildman–Crippen MR) is 61.8 cm³/mol. The number of nitrogens with two attached hydrogens (primary N) is 1. The maximum absolute atomic E-state index is 5.66. The van der Waals surface area contributed by atoms with Gasteiger partial charge in [0.05, 0.1) is 13.2 Å². The van der Waals surface area contributed by atoms with Crippen LogP contribution in [0.4, 0.5) is 0 Å². The Kier molecular flexibility index (Phi) is 4.42. The van der Waals surface area contributed by atoms with E-state index in [-0.39, 0.29) is 0 Å². The summed E-state index contributed by atoms with van der Waals surface area (Å²) in [5, 5.41) is 0. The lowest BCUT2D eigenvalue weighted by Gasteiger charge is -2.33. The summed E-state index contributed by atoms with van der Waals surface area (Å²) in [6.07, 6.45) is 5.35. The van der Waals surface area contributed by atoms with E-state index in [0.29, 0.717) is 0 Å². The van der Waals surface area contributed by atoms with Gasteiger partial charge < -0.3 is 15.4 Å². The molecule has 0 aliphatic carbocycles. The quantitative estimate of drug-likeness (QED) is 0.758. The van der Waals surface area contributed by atoms with E-state index >= 15 is 0 Å². The lowest BCUT2D eigenvalue weighted by molar-refractivity contribution is -0.0472. The summed E-state index contributed by atoms with van der Waals surface area (Å²) in [5.41, 5.74) is 5.66. The molecule has 0 aromatic rings. The highest BCUT2D eigenvalue weighted by atomic mass is 16.5. The van der Waals surface area contributed by atoms with Gasteiger partial charge in [-0.25, -0.2) is 0 Å². The molecule has 2 fully saturated rings. The third-order valence-electron chi connectivity index (χ3n) is 3.65. The molecule has 0 bridgehead atoms. The molecule has 3 nitrogen and oxygen atoms in total. The van der Waals surface area contributed by atoms with Crippen molar-refractivity contribution in [2.75, 3.05) is 39.4 Å². The van der Waals surface area contributed by atoms with Crippen LogP contribution in [0, 0.1) is 11.8 Å². The van der Waals surface area contributed by atoms with Crippen molar-refractivity contribution in [1.29, 1.82) is 0 Å². The fourth-order valence-electron chi connectivity index (χ4n) is 2.71. The maximum Gasteiger partial charge on any atom is 0.0528 e. The van der Waals surface area contributed by atoms with Gasteiger partial charge in [-0.2, -0.15) is 0 Å². The molecular weight excluding hydrogens is 188 g/mol. The van der Waals surface area contributed by atoms with Gasteiger partial charge in [0.15, 0.2) is 0 Å². The first kappa shape index (κ1) is 11.4. The Bertz CT molecular complexity index is 182.